The smallest absolute Gasteiger partial charge is 0.417 e. The summed E-state index contributed by atoms with van der Waals surface area (Å²) in [4.78, 5) is 26.5. The molecule has 2 N–H and O–H groups in total. The van der Waals surface area contributed by atoms with Gasteiger partial charge in [0, 0.05) is 55.0 Å². The Morgan fingerprint density at radius 2 is 2.02 bits per heavy atom. The predicted molar refractivity (Wildman–Crippen MR) is 177 cm³/mol. The van der Waals surface area contributed by atoms with Gasteiger partial charge in [0.25, 0.3) is 0 Å². The SMILES string of the molecule is C=CC(=O)N1CCN(c2nc(OCC34CCCN3CC(F)C4)nc3c(F)c(-c4ccc(F)c5sc(N)c(C#N)c45)c(C(F)(F)F)cc23)CC1C. The van der Waals surface area contributed by atoms with Crippen LogP contribution in [-0.2, 0) is 11.0 Å². The molecule has 5 heterocycles. The zero-order chi connectivity index (χ0) is 35.7. The molecule has 7 rings (SSSR count). The highest BCUT2D eigenvalue weighted by Crippen LogP contribution is 2.48. The van der Waals surface area contributed by atoms with E-state index in [1.54, 1.807) is 16.7 Å². The van der Waals surface area contributed by atoms with Crippen LogP contribution in [0, 0.1) is 23.0 Å². The van der Waals surface area contributed by atoms with Gasteiger partial charge in [0.05, 0.1) is 21.4 Å². The van der Waals surface area contributed by atoms with E-state index in [0.29, 0.717) is 24.3 Å². The van der Waals surface area contributed by atoms with Crippen molar-refractivity contribution in [3.63, 3.8) is 0 Å². The van der Waals surface area contributed by atoms with Crippen molar-refractivity contribution in [1.82, 2.24) is 19.8 Å². The molecule has 0 saturated carbocycles. The fourth-order valence-corrected chi connectivity index (χ4v) is 8.68. The fourth-order valence-electron chi connectivity index (χ4n) is 7.73. The Balaban J connectivity index is 1.44. The Bertz CT molecular complexity index is 2100. The molecule has 2 aromatic carbocycles. The molecule has 1 amide bonds. The van der Waals surface area contributed by atoms with Gasteiger partial charge in [-0.2, -0.15) is 28.4 Å². The molecule has 3 aliphatic heterocycles. The van der Waals surface area contributed by atoms with Crippen molar-refractivity contribution in [1.29, 1.82) is 5.26 Å². The number of carbonyl (C=O) groups excluding carboxylic acids is 1. The molecule has 16 heteroatoms. The number of fused-ring (bicyclic) bond motifs is 3. The lowest BCUT2D eigenvalue weighted by Gasteiger charge is -2.40. The van der Waals surface area contributed by atoms with Crippen LogP contribution >= 0.6 is 11.3 Å². The lowest BCUT2D eigenvalue weighted by atomic mass is 9.92. The number of rotatable bonds is 6. The number of carbonyl (C=O) groups is 1. The van der Waals surface area contributed by atoms with Crippen LogP contribution < -0.4 is 15.4 Å². The molecule has 0 bridgehead atoms. The van der Waals surface area contributed by atoms with Crippen molar-refractivity contribution in [3.05, 3.63) is 53.6 Å². The highest BCUT2D eigenvalue weighted by atomic mass is 32.1. The summed E-state index contributed by atoms with van der Waals surface area (Å²) in [6.07, 6.45) is -3.29. The lowest BCUT2D eigenvalue weighted by Crippen LogP contribution is -2.54. The molecule has 3 fully saturated rings. The summed E-state index contributed by atoms with van der Waals surface area (Å²) < 4.78 is 97.2. The van der Waals surface area contributed by atoms with Crippen LogP contribution in [-0.4, -0.2) is 82.8 Å². The van der Waals surface area contributed by atoms with Gasteiger partial charge in [-0.05, 0) is 50.1 Å². The van der Waals surface area contributed by atoms with E-state index in [-0.39, 0.29) is 88.5 Å². The molecule has 3 unspecified atom stereocenters. The minimum atomic E-state index is -5.12. The van der Waals surface area contributed by atoms with Crippen LogP contribution in [0.4, 0.5) is 37.2 Å². The number of amides is 1. The van der Waals surface area contributed by atoms with E-state index < -0.39 is 52.2 Å². The average Bonchev–Trinajstić information content (AvgIpc) is 3.72. The van der Waals surface area contributed by atoms with Crippen LogP contribution in [0.25, 0.3) is 32.1 Å². The number of alkyl halides is 4. The number of nitrogen functional groups attached to an aromatic ring is 1. The summed E-state index contributed by atoms with van der Waals surface area (Å²) in [5, 5.41) is 9.17. The second kappa shape index (κ2) is 12.3. The average molecular weight is 716 g/mol. The van der Waals surface area contributed by atoms with Crippen LogP contribution in [0.15, 0.2) is 30.9 Å². The van der Waals surface area contributed by atoms with Crippen molar-refractivity contribution in [2.24, 2.45) is 0 Å². The molecule has 0 spiro atoms. The van der Waals surface area contributed by atoms with Crippen molar-refractivity contribution >= 4 is 49.1 Å². The van der Waals surface area contributed by atoms with Crippen LogP contribution in [0.2, 0.25) is 0 Å². The molecule has 2 aromatic heterocycles. The van der Waals surface area contributed by atoms with E-state index in [9.17, 15) is 32.0 Å². The third-order valence-corrected chi connectivity index (χ3v) is 11.0. The quantitative estimate of drug-likeness (QED) is 0.180. The molecule has 50 heavy (non-hydrogen) atoms. The standard InChI is InChI=1S/C34H31F6N7O2S/c1-3-24(48)47-10-9-45(14-17(47)2)31-20-11-22(34(38,39)40)26(19-5-6-23(36)29-25(19)21(13-41)30(42)50-29)27(37)28(20)43-32(44-31)49-16-33-7-4-8-46(33)15-18(35)12-33/h3,5-6,11,17-18H,1,4,7-10,12,14-16,42H2,2H3. The van der Waals surface area contributed by atoms with Gasteiger partial charge in [0.15, 0.2) is 5.82 Å². The maximum absolute atomic E-state index is 17.0. The molecular formula is C34H31F6N7O2S. The van der Waals surface area contributed by atoms with Gasteiger partial charge in [-0.25, -0.2) is 13.2 Å². The van der Waals surface area contributed by atoms with E-state index in [1.165, 1.54) is 6.08 Å². The molecule has 3 saturated heterocycles. The fraction of sp³-hybridized carbons (Fsp3) is 0.412. The first-order chi connectivity index (χ1) is 23.8. The Kier molecular flexibility index (Phi) is 8.33. The number of anilines is 2. The highest BCUT2D eigenvalue weighted by Gasteiger charge is 2.49. The number of aromatic nitrogens is 2. The summed E-state index contributed by atoms with van der Waals surface area (Å²) in [7, 11) is 0. The highest BCUT2D eigenvalue weighted by molar-refractivity contribution is 7.23. The van der Waals surface area contributed by atoms with Gasteiger partial charge < -0.3 is 20.3 Å². The second-order valence-corrected chi connectivity index (χ2v) is 14.0. The number of hydrogen-bond donors (Lipinski definition) is 1. The van der Waals surface area contributed by atoms with E-state index in [1.807, 2.05) is 11.0 Å². The van der Waals surface area contributed by atoms with E-state index in [0.717, 1.165) is 24.6 Å². The van der Waals surface area contributed by atoms with E-state index >= 15 is 4.39 Å². The molecule has 0 radical (unpaired) electrons. The van der Waals surface area contributed by atoms with Gasteiger partial charge in [-0.3, -0.25) is 9.69 Å². The number of nitrogens with zero attached hydrogens (tertiary/aromatic N) is 6. The van der Waals surface area contributed by atoms with Gasteiger partial charge in [-0.1, -0.05) is 12.6 Å². The number of halogens is 6. The lowest BCUT2D eigenvalue weighted by molar-refractivity contribution is -0.137. The predicted octanol–water partition coefficient (Wildman–Crippen LogP) is 6.44. The molecule has 262 valence electrons. The van der Waals surface area contributed by atoms with E-state index in [4.69, 9.17) is 10.5 Å². The van der Waals surface area contributed by atoms with Crippen molar-refractivity contribution in [2.75, 3.05) is 50.0 Å². The Labute approximate surface area is 286 Å². The summed E-state index contributed by atoms with van der Waals surface area (Å²) in [6.45, 7) is 6.65. The number of piperazine rings is 1. The van der Waals surface area contributed by atoms with Gasteiger partial charge in [0.2, 0.25) is 5.91 Å². The van der Waals surface area contributed by atoms with Crippen LogP contribution in [0.1, 0.15) is 37.3 Å². The molecule has 3 atom stereocenters. The zero-order valence-corrected chi connectivity index (χ0v) is 27.6. The maximum atomic E-state index is 17.0. The van der Waals surface area contributed by atoms with Crippen molar-refractivity contribution in [3.8, 4) is 23.2 Å². The minimum Gasteiger partial charge on any atom is -0.461 e. The Morgan fingerprint density at radius 3 is 2.72 bits per heavy atom. The molecular weight excluding hydrogens is 684 g/mol. The number of nitrogens with two attached hydrogens (primary N) is 1. The first-order valence-electron chi connectivity index (χ1n) is 16.0. The Hall–Kier alpha value is -4.62. The van der Waals surface area contributed by atoms with Crippen LogP contribution in [0.5, 0.6) is 6.01 Å². The van der Waals surface area contributed by atoms with Gasteiger partial charge in [0.1, 0.15) is 41.0 Å². The van der Waals surface area contributed by atoms with Gasteiger partial charge in [-0.15, -0.1) is 11.3 Å². The zero-order valence-electron chi connectivity index (χ0n) is 26.8. The first-order valence-corrected chi connectivity index (χ1v) is 16.8. The maximum Gasteiger partial charge on any atom is 0.417 e. The molecule has 0 aliphatic carbocycles. The minimum absolute atomic E-state index is 0.0240. The van der Waals surface area contributed by atoms with Crippen molar-refractivity contribution < 1.29 is 35.9 Å². The van der Waals surface area contributed by atoms with Crippen molar-refractivity contribution in [2.45, 2.75) is 50.1 Å². The third kappa shape index (κ3) is 5.47. The number of benzene rings is 2. The number of thiophene rings is 1. The molecule has 3 aliphatic rings. The monoisotopic (exact) mass is 715 g/mol. The van der Waals surface area contributed by atoms with Gasteiger partial charge >= 0.3 is 12.2 Å². The topological polar surface area (TPSA) is 112 Å². The second-order valence-electron chi connectivity index (χ2n) is 13.0. The summed E-state index contributed by atoms with van der Waals surface area (Å²) >= 11 is 0.674. The molecule has 9 nitrogen and oxygen atoms in total. The summed E-state index contributed by atoms with van der Waals surface area (Å²) in [5.74, 6) is -2.58. The van der Waals surface area contributed by atoms with Crippen LogP contribution in [0.3, 0.4) is 0 Å². The largest absolute Gasteiger partial charge is 0.461 e. The Morgan fingerprint density at radius 1 is 1.24 bits per heavy atom. The third-order valence-electron chi connectivity index (χ3n) is 10.0. The summed E-state index contributed by atoms with van der Waals surface area (Å²) in [5.41, 5.74) is 1.83. The van der Waals surface area contributed by atoms with E-state index in [2.05, 4.69) is 16.5 Å². The first kappa shape index (κ1) is 33.9. The number of hydrogen-bond acceptors (Lipinski definition) is 9. The molecule has 4 aromatic rings. The normalized spacial score (nSPS) is 22.7. The summed E-state index contributed by atoms with van der Waals surface area (Å²) in [6, 6.07) is 3.71. The number of nitriles is 1. The number of ether oxygens (including phenoxy) is 1.